The lowest BCUT2D eigenvalue weighted by Gasteiger charge is -2.20. The molecule has 120 valence electrons. The summed E-state index contributed by atoms with van der Waals surface area (Å²) in [4.78, 5) is 11.6. The zero-order chi connectivity index (χ0) is 16.1. The van der Waals surface area contributed by atoms with Gasteiger partial charge in [0.1, 0.15) is 6.61 Å². The van der Waals surface area contributed by atoms with Gasteiger partial charge in [0.05, 0.1) is 18.8 Å². The van der Waals surface area contributed by atoms with Crippen molar-refractivity contribution >= 4 is 5.91 Å². The average Bonchev–Trinajstić information content (AvgIpc) is 2.67. The lowest BCUT2D eigenvalue weighted by atomic mass is 9.91. The highest BCUT2D eigenvalue weighted by Crippen LogP contribution is 2.18. The zero-order valence-corrected chi connectivity index (χ0v) is 14.1. The van der Waals surface area contributed by atoms with Crippen LogP contribution in [0.15, 0.2) is 6.20 Å². The minimum absolute atomic E-state index is 0.0703. The Bertz CT molecular complexity index is 455. The molecule has 0 saturated heterocycles. The van der Waals surface area contributed by atoms with E-state index in [-0.39, 0.29) is 23.5 Å². The van der Waals surface area contributed by atoms with Crippen molar-refractivity contribution in [3.05, 3.63) is 11.9 Å². The first-order valence-corrected chi connectivity index (χ1v) is 7.33. The maximum absolute atomic E-state index is 11.6. The smallest absolute Gasteiger partial charge is 0.246 e. The number of nitrogens with one attached hydrogen (secondary N) is 1. The van der Waals surface area contributed by atoms with E-state index in [1.807, 2.05) is 27.0 Å². The van der Waals surface area contributed by atoms with Gasteiger partial charge in [0, 0.05) is 11.7 Å². The number of carbonyl (C=O) groups excluding carboxylic acids is 1. The molecule has 1 N–H and O–H groups in total. The van der Waals surface area contributed by atoms with Crippen LogP contribution < -0.4 is 5.32 Å². The van der Waals surface area contributed by atoms with Crippen LogP contribution in [0.25, 0.3) is 0 Å². The first-order chi connectivity index (χ1) is 9.55. The normalized spacial score (nSPS) is 12.5. The molecule has 0 radical (unpaired) electrons. The summed E-state index contributed by atoms with van der Waals surface area (Å²) < 4.78 is 7.11. The number of rotatable bonds is 6. The highest BCUT2D eigenvalue weighted by Gasteiger charge is 2.14. The van der Waals surface area contributed by atoms with Crippen molar-refractivity contribution in [1.82, 2.24) is 20.3 Å². The van der Waals surface area contributed by atoms with Crippen LogP contribution in [0.1, 0.15) is 47.2 Å². The molecule has 0 bridgehead atoms. The maximum Gasteiger partial charge on any atom is 0.246 e. The molecular formula is C15H28N4O2. The quantitative estimate of drug-likeness (QED) is 0.813. The molecule has 0 aliphatic carbocycles. The molecule has 6 nitrogen and oxygen atoms in total. The Morgan fingerprint density at radius 3 is 2.52 bits per heavy atom. The molecule has 0 saturated carbocycles. The van der Waals surface area contributed by atoms with E-state index in [0.29, 0.717) is 13.2 Å². The molecule has 0 aliphatic rings. The van der Waals surface area contributed by atoms with E-state index in [1.165, 1.54) is 0 Å². The van der Waals surface area contributed by atoms with Crippen LogP contribution in [0.5, 0.6) is 0 Å². The Hall–Kier alpha value is -1.43. The summed E-state index contributed by atoms with van der Waals surface area (Å²) in [5, 5.41) is 11.1. The van der Waals surface area contributed by atoms with Crippen LogP contribution in [-0.4, -0.2) is 39.7 Å². The van der Waals surface area contributed by atoms with Crippen molar-refractivity contribution in [2.75, 3.05) is 13.2 Å². The largest absolute Gasteiger partial charge is 0.370 e. The van der Waals surface area contributed by atoms with E-state index in [2.05, 4.69) is 36.4 Å². The summed E-state index contributed by atoms with van der Waals surface area (Å²) in [7, 11) is 0. The van der Waals surface area contributed by atoms with E-state index in [0.717, 1.165) is 12.1 Å². The minimum Gasteiger partial charge on any atom is -0.370 e. The third kappa shape index (κ3) is 8.45. The molecule has 0 fully saturated rings. The Labute approximate surface area is 127 Å². The maximum atomic E-state index is 11.6. The lowest BCUT2D eigenvalue weighted by Crippen LogP contribution is -2.42. The number of hydrogen-bond donors (Lipinski definition) is 1. The Morgan fingerprint density at radius 1 is 1.29 bits per heavy atom. The molecule has 1 heterocycles. The number of nitrogens with zero attached hydrogens (tertiary/aromatic N) is 3. The third-order valence-corrected chi connectivity index (χ3v) is 2.51. The number of hydrogen-bond acceptors (Lipinski definition) is 4. The lowest BCUT2D eigenvalue weighted by molar-refractivity contribution is -0.127. The highest BCUT2D eigenvalue weighted by atomic mass is 16.5. The van der Waals surface area contributed by atoms with Crippen LogP contribution in [-0.2, 0) is 22.5 Å². The molecule has 1 rings (SSSR count). The predicted octanol–water partition coefficient (Wildman–Crippen LogP) is 1.80. The van der Waals surface area contributed by atoms with Crippen molar-refractivity contribution in [1.29, 1.82) is 0 Å². The van der Waals surface area contributed by atoms with Gasteiger partial charge in [0.2, 0.25) is 5.91 Å². The monoisotopic (exact) mass is 296 g/mol. The second-order valence-corrected chi connectivity index (χ2v) is 7.56. The second-order valence-electron chi connectivity index (χ2n) is 7.56. The molecule has 0 unspecified atom stereocenters. The summed E-state index contributed by atoms with van der Waals surface area (Å²) in [5.41, 5.74) is 0.948. The van der Waals surface area contributed by atoms with Crippen molar-refractivity contribution < 1.29 is 9.53 Å². The number of ether oxygens (including phenoxy) is 1. The molecule has 0 atom stereocenters. The summed E-state index contributed by atoms with van der Waals surface area (Å²) in [6.07, 6.45) is 2.83. The summed E-state index contributed by atoms with van der Waals surface area (Å²) in [6.45, 7) is 13.4. The molecule has 6 heteroatoms. The summed E-state index contributed by atoms with van der Waals surface area (Å²) in [5.74, 6) is -0.102. The van der Waals surface area contributed by atoms with Crippen LogP contribution in [0, 0.1) is 5.41 Å². The molecule has 21 heavy (non-hydrogen) atoms. The molecule has 1 amide bonds. The van der Waals surface area contributed by atoms with Gasteiger partial charge in [-0.25, -0.2) is 4.68 Å². The molecular weight excluding hydrogens is 268 g/mol. The van der Waals surface area contributed by atoms with Gasteiger partial charge >= 0.3 is 0 Å². The molecule has 0 spiro atoms. The van der Waals surface area contributed by atoms with Gasteiger partial charge in [0.25, 0.3) is 0 Å². The van der Waals surface area contributed by atoms with Crippen molar-refractivity contribution in [3.8, 4) is 0 Å². The third-order valence-electron chi connectivity index (χ3n) is 2.51. The van der Waals surface area contributed by atoms with Gasteiger partial charge in [-0.2, -0.15) is 0 Å². The highest BCUT2D eigenvalue weighted by molar-refractivity contribution is 5.77. The first-order valence-electron chi connectivity index (χ1n) is 7.33. The molecule has 0 aliphatic heterocycles. The van der Waals surface area contributed by atoms with Gasteiger partial charge in [-0.3, -0.25) is 4.79 Å². The Kier molecular flexibility index (Phi) is 5.89. The number of amides is 1. The van der Waals surface area contributed by atoms with Gasteiger partial charge in [0.15, 0.2) is 0 Å². The van der Waals surface area contributed by atoms with Gasteiger partial charge in [-0.05, 0) is 32.6 Å². The fourth-order valence-corrected chi connectivity index (χ4v) is 1.85. The summed E-state index contributed by atoms with van der Waals surface area (Å²) in [6, 6.07) is 0. The topological polar surface area (TPSA) is 69.0 Å². The van der Waals surface area contributed by atoms with Gasteiger partial charge in [-0.15, -0.1) is 5.10 Å². The van der Waals surface area contributed by atoms with Gasteiger partial charge < -0.3 is 10.1 Å². The average molecular weight is 296 g/mol. The first kappa shape index (κ1) is 17.6. The Balaban J connectivity index is 2.26. The van der Waals surface area contributed by atoms with Crippen molar-refractivity contribution in [2.24, 2.45) is 5.41 Å². The molecule has 0 aromatic carbocycles. The number of aromatic nitrogens is 3. The minimum atomic E-state index is -0.228. The van der Waals surface area contributed by atoms with E-state index in [9.17, 15) is 4.79 Å². The zero-order valence-electron chi connectivity index (χ0n) is 14.1. The van der Waals surface area contributed by atoms with Crippen molar-refractivity contribution in [2.45, 2.75) is 60.0 Å². The van der Waals surface area contributed by atoms with E-state index < -0.39 is 0 Å². The molecule has 1 aromatic heterocycles. The van der Waals surface area contributed by atoms with Crippen LogP contribution >= 0.6 is 0 Å². The second kappa shape index (κ2) is 7.02. The van der Waals surface area contributed by atoms with E-state index in [1.54, 1.807) is 4.68 Å². The summed E-state index contributed by atoms with van der Waals surface area (Å²) >= 11 is 0. The predicted molar refractivity (Wildman–Crippen MR) is 81.9 cm³/mol. The Morgan fingerprint density at radius 2 is 1.95 bits per heavy atom. The molecule has 1 aromatic rings. The number of carbonyl (C=O) groups is 1. The standard InChI is InChI=1S/C15H28N4O2/c1-14(2,3)9-12-10-19(18-17-12)7-8-21-11-13(20)16-15(4,5)6/h10H,7-9,11H2,1-6H3,(H,16,20). The fourth-order valence-electron chi connectivity index (χ4n) is 1.85. The van der Waals surface area contributed by atoms with Crippen LogP contribution in [0.4, 0.5) is 0 Å². The van der Waals surface area contributed by atoms with Crippen LogP contribution in [0.2, 0.25) is 0 Å². The van der Waals surface area contributed by atoms with Crippen LogP contribution in [0.3, 0.4) is 0 Å². The SMILES string of the molecule is CC(C)(C)Cc1cn(CCOCC(=O)NC(C)(C)C)nn1. The fraction of sp³-hybridized carbons (Fsp3) is 0.800. The van der Waals surface area contributed by atoms with Gasteiger partial charge in [-0.1, -0.05) is 26.0 Å². The van der Waals surface area contributed by atoms with E-state index >= 15 is 0 Å². The van der Waals surface area contributed by atoms with Crippen molar-refractivity contribution in [3.63, 3.8) is 0 Å². The van der Waals surface area contributed by atoms with E-state index in [4.69, 9.17) is 4.74 Å².